The van der Waals surface area contributed by atoms with Gasteiger partial charge in [-0.15, -0.1) is 11.6 Å². The van der Waals surface area contributed by atoms with Crippen LogP contribution >= 0.6 is 11.6 Å². The molecule has 0 aliphatic rings. The molecule has 0 bridgehead atoms. The van der Waals surface area contributed by atoms with Crippen molar-refractivity contribution >= 4 is 11.6 Å². The number of halogens is 4. The largest absolute Gasteiger partial charge is 0.401 e. The van der Waals surface area contributed by atoms with Crippen molar-refractivity contribution in [2.24, 2.45) is 0 Å². The highest BCUT2D eigenvalue weighted by atomic mass is 35.5. The maximum Gasteiger partial charge on any atom is 0.401 e. The summed E-state index contributed by atoms with van der Waals surface area (Å²) < 4.78 is 33.4. The first kappa shape index (κ1) is 8.04. The van der Waals surface area contributed by atoms with Crippen LogP contribution in [-0.4, -0.2) is 18.7 Å². The van der Waals surface area contributed by atoms with Crippen LogP contribution in [0, 0.1) is 0 Å². The Morgan fingerprint density at radius 1 is 1.38 bits per heavy atom. The van der Waals surface area contributed by atoms with Crippen molar-refractivity contribution in [1.82, 2.24) is 5.32 Å². The van der Waals surface area contributed by atoms with E-state index in [0.717, 1.165) is 0 Å². The molecule has 0 unspecified atom stereocenters. The Balaban J connectivity index is 3.11. The molecule has 8 heavy (non-hydrogen) atoms. The van der Waals surface area contributed by atoms with Gasteiger partial charge in [0.1, 0.15) is 0 Å². The van der Waals surface area contributed by atoms with E-state index in [2.05, 4.69) is 0 Å². The van der Waals surface area contributed by atoms with E-state index >= 15 is 0 Å². The van der Waals surface area contributed by atoms with E-state index in [1.807, 2.05) is 5.32 Å². The topological polar surface area (TPSA) is 12.0 Å². The second kappa shape index (κ2) is 3.14. The van der Waals surface area contributed by atoms with Crippen LogP contribution in [0.4, 0.5) is 13.2 Å². The standard InChI is InChI=1S/C3H5ClF3N/c4-2-8-1-3(5,6)7/h8H,1-2H2. The van der Waals surface area contributed by atoms with E-state index in [1.54, 1.807) is 0 Å². The summed E-state index contributed by atoms with van der Waals surface area (Å²) in [6.45, 7) is -1.02. The van der Waals surface area contributed by atoms with Crippen molar-refractivity contribution in [3.05, 3.63) is 0 Å². The van der Waals surface area contributed by atoms with Gasteiger partial charge in [0, 0.05) is 0 Å². The van der Waals surface area contributed by atoms with Gasteiger partial charge in [-0.2, -0.15) is 13.2 Å². The Hall–Kier alpha value is 0.0400. The zero-order valence-electron chi connectivity index (χ0n) is 3.93. The predicted octanol–water partition coefficient (Wildman–Crippen LogP) is 1.33. The van der Waals surface area contributed by atoms with Gasteiger partial charge < -0.3 is 0 Å². The number of hydrogen-bond acceptors (Lipinski definition) is 1. The summed E-state index contributed by atoms with van der Waals surface area (Å²) in [5.41, 5.74) is 0. The van der Waals surface area contributed by atoms with Gasteiger partial charge in [-0.3, -0.25) is 5.32 Å². The van der Waals surface area contributed by atoms with Crippen LogP contribution in [0.1, 0.15) is 0 Å². The highest BCUT2D eigenvalue weighted by Gasteiger charge is 2.25. The summed E-state index contributed by atoms with van der Waals surface area (Å²) in [6.07, 6.45) is -4.14. The average Bonchev–Trinajstić information content (AvgIpc) is 1.59. The first-order valence-corrected chi connectivity index (χ1v) is 2.43. The molecule has 0 saturated heterocycles. The van der Waals surface area contributed by atoms with Crippen LogP contribution < -0.4 is 5.32 Å². The predicted molar refractivity (Wildman–Crippen MR) is 24.8 cm³/mol. The second-order valence-electron chi connectivity index (χ2n) is 1.18. The lowest BCUT2D eigenvalue weighted by Crippen LogP contribution is -2.27. The molecule has 1 N–H and O–H groups in total. The molecule has 0 aliphatic heterocycles. The Morgan fingerprint density at radius 2 is 1.88 bits per heavy atom. The Bertz CT molecular complexity index is 62.0. The molecule has 0 radical (unpaired) electrons. The first-order chi connectivity index (χ1) is 3.56. The van der Waals surface area contributed by atoms with Crippen LogP contribution in [0.2, 0.25) is 0 Å². The molecule has 0 aromatic heterocycles. The molecule has 0 saturated carbocycles. The molecule has 0 aliphatic carbocycles. The quantitative estimate of drug-likeness (QED) is 0.459. The van der Waals surface area contributed by atoms with Gasteiger partial charge in [0.25, 0.3) is 0 Å². The Morgan fingerprint density at radius 3 is 2.00 bits per heavy atom. The molecule has 0 rings (SSSR count). The number of alkyl halides is 4. The highest BCUT2D eigenvalue weighted by molar-refractivity contribution is 6.17. The normalized spacial score (nSPS) is 12.0. The number of hydrogen-bond donors (Lipinski definition) is 1. The molecule has 1 nitrogen and oxygen atoms in total. The molecule has 0 aromatic carbocycles. The average molecular weight is 148 g/mol. The van der Waals surface area contributed by atoms with Gasteiger partial charge in [-0.25, -0.2) is 0 Å². The van der Waals surface area contributed by atoms with Crippen molar-refractivity contribution < 1.29 is 13.2 Å². The molecule has 0 spiro atoms. The summed E-state index contributed by atoms with van der Waals surface area (Å²) in [5.74, 6) is 0. The molecule has 0 fully saturated rings. The van der Waals surface area contributed by atoms with E-state index in [9.17, 15) is 13.2 Å². The molecule has 5 heteroatoms. The minimum atomic E-state index is -4.14. The van der Waals surface area contributed by atoms with Gasteiger partial charge in [0.2, 0.25) is 0 Å². The third-order valence-electron chi connectivity index (χ3n) is 0.420. The van der Waals surface area contributed by atoms with Crippen molar-refractivity contribution in [2.75, 3.05) is 12.5 Å². The van der Waals surface area contributed by atoms with E-state index < -0.39 is 12.7 Å². The molecule has 0 atom stereocenters. The van der Waals surface area contributed by atoms with Gasteiger partial charge in [-0.1, -0.05) is 0 Å². The van der Waals surface area contributed by atoms with Gasteiger partial charge in [0.15, 0.2) is 0 Å². The number of rotatable bonds is 2. The lowest BCUT2D eigenvalue weighted by atomic mass is 10.6. The van der Waals surface area contributed by atoms with E-state index in [4.69, 9.17) is 11.6 Å². The Labute approximate surface area is 49.8 Å². The monoisotopic (exact) mass is 147 g/mol. The molecular formula is C3H5ClF3N. The van der Waals surface area contributed by atoms with Gasteiger partial charge in [0.05, 0.1) is 12.5 Å². The molecule has 50 valence electrons. The van der Waals surface area contributed by atoms with Gasteiger partial charge >= 0.3 is 6.18 Å². The Kier molecular flexibility index (Phi) is 3.16. The zero-order valence-corrected chi connectivity index (χ0v) is 4.68. The fourth-order valence-electron chi connectivity index (χ4n) is 0.189. The number of nitrogens with one attached hydrogen (secondary N) is 1. The highest BCUT2D eigenvalue weighted by Crippen LogP contribution is 2.11. The molecule has 0 aromatic rings. The first-order valence-electron chi connectivity index (χ1n) is 1.89. The third kappa shape index (κ3) is 6.04. The van der Waals surface area contributed by atoms with Crippen molar-refractivity contribution in [3.63, 3.8) is 0 Å². The smallest absolute Gasteiger partial charge is 0.296 e. The second-order valence-corrected chi connectivity index (χ2v) is 1.44. The van der Waals surface area contributed by atoms with Crippen LogP contribution in [0.15, 0.2) is 0 Å². The SMILES string of the molecule is FC(F)(F)CNCCl. The van der Waals surface area contributed by atoms with Crippen LogP contribution in [0.5, 0.6) is 0 Å². The van der Waals surface area contributed by atoms with Crippen LogP contribution in [-0.2, 0) is 0 Å². The summed E-state index contributed by atoms with van der Waals surface area (Å²) in [7, 11) is 0. The minimum Gasteiger partial charge on any atom is -0.296 e. The third-order valence-corrected chi connectivity index (χ3v) is 0.609. The summed E-state index contributed by atoms with van der Waals surface area (Å²) >= 11 is 4.90. The maximum atomic E-state index is 11.1. The van der Waals surface area contributed by atoms with Crippen LogP contribution in [0.25, 0.3) is 0 Å². The lowest BCUT2D eigenvalue weighted by molar-refractivity contribution is -0.124. The summed E-state index contributed by atoms with van der Waals surface area (Å²) in [4.78, 5) is 0. The van der Waals surface area contributed by atoms with E-state index in [0.29, 0.717) is 0 Å². The minimum absolute atomic E-state index is 0.167. The van der Waals surface area contributed by atoms with E-state index in [-0.39, 0.29) is 6.00 Å². The lowest BCUT2D eigenvalue weighted by Gasteiger charge is -2.03. The molecule has 0 heterocycles. The van der Waals surface area contributed by atoms with Crippen molar-refractivity contribution in [3.8, 4) is 0 Å². The van der Waals surface area contributed by atoms with Gasteiger partial charge in [-0.05, 0) is 0 Å². The van der Waals surface area contributed by atoms with Crippen LogP contribution in [0.3, 0.4) is 0 Å². The molecular weight excluding hydrogens is 142 g/mol. The van der Waals surface area contributed by atoms with Crippen molar-refractivity contribution in [2.45, 2.75) is 6.18 Å². The summed E-state index contributed by atoms with van der Waals surface area (Å²) in [6, 6.07) is -0.167. The van der Waals surface area contributed by atoms with Crippen molar-refractivity contribution in [1.29, 1.82) is 0 Å². The van der Waals surface area contributed by atoms with E-state index in [1.165, 1.54) is 0 Å². The molecule has 0 amide bonds. The maximum absolute atomic E-state index is 11.1. The summed E-state index contributed by atoms with van der Waals surface area (Å²) in [5, 5.41) is 1.93. The fourth-order valence-corrected chi connectivity index (χ4v) is 0.283. The zero-order chi connectivity index (χ0) is 6.62. The fraction of sp³-hybridized carbons (Fsp3) is 1.00.